The van der Waals surface area contributed by atoms with Gasteiger partial charge in [0.1, 0.15) is 18.1 Å². The highest BCUT2D eigenvalue weighted by Gasteiger charge is 2.45. The van der Waals surface area contributed by atoms with Crippen molar-refractivity contribution in [2.24, 2.45) is 5.41 Å². The predicted molar refractivity (Wildman–Crippen MR) is 135 cm³/mol. The van der Waals surface area contributed by atoms with E-state index in [0.717, 1.165) is 25.9 Å². The Hall–Kier alpha value is -1.14. The number of nitrogens with zero attached hydrogens (tertiary/aromatic N) is 5. The fourth-order valence-corrected chi connectivity index (χ4v) is 9.67. The lowest BCUT2D eigenvalue weighted by molar-refractivity contribution is -0.0354. The van der Waals surface area contributed by atoms with Crippen LogP contribution in [0, 0.1) is 5.41 Å². The minimum atomic E-state index is -4.69. The molecule has 16 heteroatoms. The quantitative estimate of drug-likeness (QED) is 0.237. The number of fused-ring (bicyclic) bond motifs is 1. The van der Waals surface area contributed by atoms with Crippen molar-refractivity contribution in [1.29, 1.82) is 0 Å². The van der Waals surface area contributed by atoms with E-state index in [0.29, 0.717) is 22.4 Å². The van der Waals surface area contributed by atoms with Crippen molar-refractivity contribution in [3.05, 3.63) is 11.6 Å². The largest absolute Gasteiger partial charge is 0.388 e. The van der Waals surface area contributed by atoms with Crippen molar-refractivity contribution in [2.75, 3.05) is 30.1 Å². The molecule has 2 saturated heterocycles. The van der Waals surface area contributed by atoms with E-state index in [-0.39, 0.29) is 11.7 Å². The van der Waals surface area contributed by atoms with Gasteiger partial charge in [-0.05, 0) is 49.1 Å². The Morgan fingerprint density at radius 3 is 2.38 bits per heavy atom. The summed E-state index contributed by atoms with van der Waals surface area (Å²) < 4.78 is 30.6. The maximum Gasteiger partial charge on any atom is 0.335 e. The number of imidazole rings is 1. The lowest BCUT2D eigenvalue weighted by atomic mass is 9.77. The van der Waals surface area contributed by atoms with E-state index < -0.39 is 51.6 Å². The Morgan fingerprint density at radius 1 is 1.05 bits per heavy atom. The van der Waals surface area contributed by atoms with Crippen molar-refractivity contribution in [3.8, 4) is 0 Å². The minimum absolute atomic E-state index is 0.00800. The zero-order valence-electron chi connectivity index (χ0n) is 20.1. The van der Waals surface area contributed by atoms with E-state index >= 15 is 0 Å². The van der Waals surface area contributed by atoms with Gasteiger partial charge in [-0.15, -0.1) is 0 Å². The molecule has 4 heterocycles. The van der Waals surface area contributed by atoms with Gasteiger partial charge in [-0.25, -0.2) is 4.98 Å². The first-order valence-electron chi connectivity index (χ1n) is 12.4. The highest BCUT2D eigenvalue weighted by molar-refractivity contribution is 7.72. The SMILES string of the molecule is O=P(O)(O)CP(=O)(O)CC[C@H]1O[C@@H](n2cnc3c(N4CCC5(CCCC5)CC4)nc(Cl)nc32)C(O)[C@H]1O. The molecule has 5 rings (SSSR count). The molecular weight excluding hydrogens is 548 g/mol. The molecule has 13 nitrogen and oxygen atoms in total. The topological polar surface area (TPSA) is 191 Å². The lowest BCUT2D eigenvalue weighted by Gasteiger charge is -2.39. The maximum absolute atomic E-state index is 12.2. The van der Waals surface area contributed by atoms with Gasteiger partial charge in [0.25, 0.3) is 0 Å². The van der Waals surface area contributed by atoms with E-state index in [4.69, 9.17) is 26.1 Å². The molecule has 5 atom stereocenters. The van der Waals surface area contributed by atoms with Crippen LogP contribution in [0.25, 0.3) is 11.2 Å². The van der Waals surface area contributed by atoms with E-state index in [1.54, 1.807) is 0 Å². The molecule has 3 fully saturated rings. The van der Waals surface area contributed by atoms with Crippen molar-refractivity contribution >= 4 is 43.5 Å². The van der Waals surface area contributed by atoms with E-state index in [2.05, 4.69) is 19.9 Å². The van der Waals surface area contributed by atoms with Gasteiger partial charge in [0.2, 0.25) is 12.7 Å². The number of piperidine rings is 1. The van der Waals surface area contributed by atoms with E-state index in [1.165, 1.54) is 36.6 Å². The summed E-state index contributed by atoms with van der Waals surface area (Å²) in [5.74, 6) is -0.554. The monoisotopic (exact) mass is 579 g/mol. The molecule has 0 radical (unpaired) electrons. The first-order chi connectivity index (χ1) is 17.4. The predicted octanol–water partition coefficient (Wildman–Crippen LogP) is 2.06. The molecule has 2 unspecified atom stereocenters. The van der Waals surface area contributed by atoms with Crippen LogP contribution in [0.5, 0.6) is 0 Å². The third-order valence-corrected chi connectivity index (χ3v) is 12.3. The van der Waals surface area contributed by atoms with Gasteiger partial charge in [-0.1, -0.05) is 12.8 Å². The average molecular weight is 580 g/mol. The van der Waals surface area contributed by atoms with Crippen LogP contribution in [0.1, 0.15) is 51.2 Å². The van der Waals surface area contributed by atoms with E-state index in [9.17, 15) is 24.2 Å². The third-order valence-electron chi connectivity index (χ3n) is 7.94. The zero-order valence-corrected chi connectivity index (χ0v) is 22.7. The normalized spacial score (nSPS) is 29.8. The summed E-state index contributed by atoms with van der Waals surface area (Å²) in [5.41, 5.74) is 1.23. The summed E-state index contributed by atoms with van der Waals surface area (Å²) in [5, 5.41) is 21.3. The van der Waals surface area contributed by atoms with Gasteiger partial charge in [-0.3, -0.25) is 13.7 Å². The van der Waals surface area contributed by atoms with Crippen LogP contribution < -0.4 is 4.90 Å². The van der Waals surface area contributed by atoms with Crippen molar-refractivity contribution in [2.45, 2.75) is 69.5 Å². The molecule has 1 saturated carbocycles. The van der Waals surface area contributed by atoms with Crippen LogP contribution in [0.2, 0.25) is 5.28 Å². The Labute approximate surface area is 218 Å². The summed E-state index contributed by atoms with van der Waals surface area (Å²) >= 11 is 6.28. The highest BCUT2D eigenvalue weighted by atomic mass is 35.5. The van der Waals surface area contributed by atoms with Crippen LogP contribution in [0.3, 0.4) is 0 Å². The van der Waals surface area contributed by atoms with Gasteiger partial charge < -0.3 is 34.5 Å². The van der Waals surface area contributed by atoms with Gasteiger partial charge in [-0.2, -0.15) is 9.97 Å². The third kappa shape index (κ3) is 5.76. The Kier molecular flexibility index (Phi) is 7.50. The molecule has 1 spiro atoms. The molecule has 5 N–H and O–H groups in total. The number of ether oxygens (including phenoxy) is 1. The molecule has 37 heavy (non-hydrogen) atoms. The number of halogens is 1. The molecule has 0 amide bonds. The summed E-state index contributed by atoms with van der Waals surface area (Å²) in [6.07, 6.45) is 3.03. The first kappa shape index (κ1) is 27.4. The second-order valence-corrected chi connectivity index (χ2v) is 15.5. The summed E-state index contributed by atoms with van der Waals surface area (Å²) in [7, 11) is -8.86. The van der Waals surface area contributed by atoms with Crippen molar-refractivity contribution in [1.82, 2.24) is 19.5 Å². The smallest absolute Gasteiger partial charge is 0.335 e. The molecule has 1 aliphatic carbocycles. The number of anilines is 1. The maximum atomic E-state index is 12.2. The lowest BCUT2D eigenvalue weighted by Crippen LogP contribution is -2.39. The van der Waals surface area contributed by atoms with E-state index in [1.807, 2.05) is 0 Å². The molecule has 2 aliphatic heterocycles. The molecule has 3 aliphatic rings. The highest BCUT2D eigenvalue weighted by Crippen LogP contribution is 2.55. The fourth-order valence-electron chi connectivity index (χ4n) is 5.99. The Morgan fingerprint density at radius 2 is 1.73 bits per heavy atom. The van der Waals surface area contributed by atoms with Crippen molar-refractivity contribution < 1.29 is 38.8 Å². The second-order valence-electron chi connectivity index (χ2n) is 10.5. The van der Waals surface area contributed by atoms with Crippen LogP contribution in [-0.2, 0) is 13.9 Å². The number of rotatable bonds is 7. The number of aliphatic hydroxyl groups excluding tert-OH is 2. The number of hydrogen-bond acceptors (Lipinski definition) is 9. The summed E-state index contributed by atoms with van der Waals surface area (Å²) in [4.78, 5) is 43.3. The average Bonchev–Trinajstić information content (AvgIpc) is 3.50. The van der Waals surface area contributed by atoms with Gasteiger partial charge in [0, 0.05) is 19.3 Å². The van der Waals surface area contributed by atoms with Crippen LogP contribution >= 0.6 is 26.6 Å². The Balaban J connectivity index is 1.34. The van der Waals surface area contributed by atoms with Crippen LogP contribution in [0.15, 0.2) is 6.33 Å². The van der Waals surface area contributed by atoms with Gasteiger partial charge in [0.05, 0.1) is 12.4 Å². The second kappa shape index (κ2) is 10.1. The molecule has 0 bridgehead atoms. The minimum Gasteiger partial charge on any atom is -0.388 e. The molecule has 2 aromatic heterocycles. The van der Waals surface area contributed by atoms with Crippen molar-refractivity contribution in [3.63, 3.8) is 0 Å². The zero-order chi connectivity index (χ0) is 26.6. The molecular formula is C21H32ClN5O8P2. The van der Waals surface area contributed by atoms with Crippen LogP contribution in [-0.4, -0.2) is 87.9 Å². The molecule has 2 aromatic rings. The molecule has 0 aromatic carbocycles. The standard InChI is InChI=1S/C21H32ClN5O8P2/c22-20-24-17(26-8-6-21(7-9-26)4-1-2-5-21)14-18(25-20)27(11-23-14)19-16(29)15(28)13(35-19)3-10-36(30,31)12-37(32,33)34/h11,13,15-16,19,28-29H,1-10,12H2,(H,30,31)(H2,32,33,34)/t13-,15+,16?,19-/m1/s1. The number of hydrogen-bond donors (Lipinski definition) is 5. The van der Waals surface area contributed by atoms with Crippen LogP contribution in [0.4, 0.5) is 5.82 Å². The summed E-state index contributed by atoms with van der Waals surface area (Å²) in [6, 6.07) is 0. The first-order valence-corrected chi connectivity index (χ1v) is 16.6. The number of aliphatic hydroxyl groups is 2. The number of aromatic nitrogens is 4. The summed E-state index contributed by atoms with van der Waals surface area (Å²) in [6.45, 7) is 1.66. The van der Waals surface area contributed by atoms with Gasteiger partial charge in [0.15, 0.2) is 23.2 Å². The fraction of sp³-hybridized carbons (Fsp3) is 0.762. The molecule has 206 valence electrons. The Bertz CT molecular complexity index is 1240. The van der Waals surface area contributed by atoms with Gasteiger partial charge >= 0.3 is 7.60 Å².